The number of benzene rings is 2. The quantitative estimate of drug-likeness (QED) is 0.630. The van der Waals surface area contributed by atoms with Gasteiger partial charge in [0.25, 0.3) is 17.1 Å². The van der Waals surface area contributed by atoms with Gasteiger partial charge in [0.1, 0.15) is 5.39 Å². The molecule has 21 heavy (non-hydrogen) atoms. The Morgan fingerprint density at radius 3 is 1.81 bits per heavy atom. The first-order chi connectivity index (χ1) is 9.77. The summed E-state index contributed by atoms with van der Waals surface area (Å²) in [5, 5.41) is 33.1. The summed E-state index contributed by atoms with van der Waals surface area (Å²) in [7, 11) is 0. The largest absolute Gasteiger partial charge is 0.287 e. The van der Waals surface area contributed by atoms with Gasteiger partial charge in [0.2, 0.25) is 0 Å². The summed E-state index contributed by atoms with van der Waals surface area (Å²) in [4.78, 5) is 31.3. The molecule has 0 saturated carbocycles. The lowest BCUT2D eigenvalue weighted by atomic mass is 9.96. The summed E-state index contributed by atoms with van der Waals surface area (Å²) in [6.07, 6.45) is 0. The third-order valence-electron chi connectivity index (χ3n) is 3.37. The van der Waals surface area contributed by atoms with Crippen molar-refractivity contribution in [2.24, 2.45) is 0 Å². The van der Waals surface area contributed by atoms with Crippen molar-refractivity contribution in [1.82, 2.24) is 0 Å². The van der Waals surface area contributed by atoms with Crippen molar-refractivity contribution in [2.45, 2.75) is 13.8 Å². The molecule has 0 N–H and O–H groups in total. The van der Waals surface area contributed by atoms with Crippen LogP contribution in [0.1, 0.15) is 11.1 Å². The van der Waals surface area contributed by atoms with Crippen LogP contribution in [0.2, 0.25) is 0 Å². The predicted molar refractivity (Wildman–Crippen MR) is 73.4 cm³/mol. The molecule has 2 aromatic carbocycles. The number of hydrogen-bond acceptors (Lipinski definition) is 6. The minimum atomic E-state index is -0.784. The van der Waals surface area contributed by atoms with Gasteiger partial charge in [-0.2, -0.15) is 0 Å². The van der Waals surface area contributed by atoms with Gasteiger partial charge in [-0.1, -0.05) is 6.07 Å². The molecule has 108 valence electrons. The van der Waals surface area contributed by atoms with Crippen molar-refractivity contribution in [3.63, 3.8) is 0 Å². The summed E-state index contributed by atoms with van der Waals surface area (Å²) < 4.78 is 0. The van der Waals surface area contributed by atoms with Crippen molar-refractivity contribution < 1.29 is 14.8 Å². The lowest BCUT2D eigenvalue weighted by molar-refractivity contribution is -0.392. The Hall–Kier alpha value is -3.10. The Balaban J connectivity index is 3.19. The minimum absolute atomic E-state index is 0.0495. The number of fused-ring (bicyclic) bond motifs is 1. The van der Waals surface area contributed by atoms with Crippen molar-refractivity contribution >= 4 is 27.8 Å². The van der Waals surface area contributed by atoms with Crippen LogP contribution in [0, 0.1) is 44.2 Å². The molecule has 0 bridgehead atoms. The van der Waals surface area contributed by atoms with Gasteiger partial charge in [-0.25, -0.2) is 0 Å². The van der Waals surface area contributed by atoms with Gasteiger partial charge in [0.05, 0.1) is 20.2 Å². The summed E-state index contributed by atoms with van der Waals surface area (Å²) in [5.74, 6) is 0. The highest BCUT2D eigenvalue weighted by molar-refractivity contribution is 6.05. The molecule has 0 aliphatic rings. The van der Waals surface area contributed by atoms with Gasteiger partial charge in [-0.15, -0.1) is 0 Å². The first-order valence-electron chi connectivity index (χ1n) is 5.76. The Labute approximate surface area is 117 Å². The summed E-state index contributed by atoms with van der Waals surface area (Å²) >= 11 is 0. The van der Waals surface area contributed by atoms with Crippen LogP contribution in [0.25, 0.3) is 10.8 Å². The van der Waals surface area contributed by atoms with E-state index in [0.717, 1.165) is 6.07 Å². The zero-order valence-electron chi connectivity index (χ0n) is 11.0. The molecule has 0 aliphatic carbocycles. The zero-order chi connectivity index (χ0) is 15.9. The average Bonchev–Trinajstić information content (AvgIpc) is 2.38. The summed E-state index contributed by atoms with van der Waals surface area (Å²) in [5.41, 5.74) is -1.17. The van der Waals surface area contributed by atoms with Gasteiger partial charge in [-0.3, -0.25) is 30.3 Å². The maximum atomic E-state index is 11.3. The second-order valence-electron chi connectivity index (χ2n) is 4.42. The maximum absolute atomic E-state index is 11.3. The number of nitrogens with zero attached hydrogens (tertiary/aromatic N) is 3. The molecule has 0 atom stereocenters. The Morgan fingerprint density at radius 2 is 1.33 bits per heavy atom. The molecule has 2 rings (SSSR count). The van der Waals surface area contributed by atoms with E-state index in [-0.39, 0.29) is 27.6 Å². The zero-order valence-corrected chi connectivity index (χ0v) is 11.0. The highest BCUT2D eigenvalue weighted by Crippen LogP contribution is 2.43. The van der Waals surface area contributed by atoms with E-state index in [1.165, 1.54) is 26.0 Å². The number of nitro groups is 3. The van der Waals surface area contributed by atoms with Gasteiger partial charge >= 0.3 is 0 Å². The maximum Gasteiger partial charge on any atom is 0.287 e. The minimum Gasteiger partial charge on any atom is -0.258 e. The topological polar surface area (TPSA) is 129 Å². The predicted octanol–water partition coefficient (Wildman–Crippen LogP) is 3.18. The first-order valence-corrected chi connectivity index (χ1v) is 5.76. The number of nitro benzene ring substituents is 3. The van der Waals surface area contributed by atoms with Gasteiger partial charge in [0.15, 0.2) is 0 Å². The molecule has 0 aliphatic heterocycles. The van der Waals surface area contributed by atoms with Crippen molar-refractivity contribution in [3.05, 3.63) is 59.7 Å². The third-order valence-corrected chi connectivity index (χ3v) is 3.37. The SMILES string of the molecule is Cc1c(C)c([N+](=O)[O-])c2c([N+](=O)[O-])cccc2c1[N+](=O)[O-]. The molecular weight excluding hydrogens is 282 g/mol. The van der Waals surface area contributed by atoms with E-state index in [4.69, 9.17) is 0 Å². The van der Waals surface area contributed by atoms with Crippen LogP contribution in [-0.2, 0) is 0 Å². The molecule has 0 aromatic heterocycles. The standard InChI is InChI=1S/C12H9N3O6/c1-6-7(2)12(15(20)21)10-8(11(6)14(18)19)4-3-5-9(10)13(16)17/h3-5H,1-2H3. The average molecular weight is 291 g/mol. The molecule has 0 heterocycles. The molecule has 2 aromatic rings. The Kier molecular flexibility index (Phi) is 3.26. The summed E-state index contributed by atoms with van der Waals surface area (Å²) in [6, 6.07) is 3.64. The van der Waals surface area contributed by atoms with Crippen LogP contribution >= 0.6 is 0 Å². The van der Waals surface area contributed by atoms with Crippen molar-refractivity contribution in [1.29, 1.82) is 0 Å². The highest BCUT2D eigenvalue weighted by Gasteiger charge is 2.32. The fourth-order valence-electron chi connectivity index (χ4n) is 2.35. The number of hydrogen-bond donors (Lipinski definition) is 0. The molecule has 0 saturated heterocycles. The van der Waals surface area contributed by atoms with Crippen LogP contribution in [0.5, 0.6) is 0 Å². The fraction of sp³-hybridized carbons (Fsp3) is 0.167. The van der Waals surface area contributed by atoms with E-state index in [9.17, 15) is 30.3 Å². The Bertz CT molecular complexity index is 814. The van der Waals surface area contributed by atoms with Crippen molar-refractivity contribution in [3.8, 4) is 0 Å². The van der Waals surface area contributed by atoms with E-state index in [2.05, 4.69) is 0 Å². The van der Waals surface area contributed by atoms with Crippen LogP contribution in [0.3, 0.4) is 0 Å². The molecule has 9 nitrogen and oxygen atoms in total. The molecule has 9 heteroatoms. The molecular formula is C12H9N3O6. The molecule has 0 radical (unpaired) electrons. The van der Waals surface area contributed by atoms with Crippen LogP contribution in [0.15, 0.2) is 18.2 Å². The van der Waals surface area contributed by atoms with Gasteiger partial charge in [0, 0.05) is 17.2 Å². The van der Waals surface area contributed by atoms with E-state index in [1.54, 1.807) is 0 Å². The van der Waals surface area contributed by atoms with Crippen LogP contribution in [0.4, 0.5) is 17.1 Å². The van der Waals surface area contributed by atoms with Crippen molar-refractivity contribution in [2.75, 3.05) is 0 Å². The molecule has 0 amide bonds. The normalized spacial score (nSPS) is 10.6. The fourth-order valence-corrected chi connectivity index (χ4v) is 2.35. The van der Waals surface area contributed by atoms with Crippen LogP contribution < -0.4 is 0 Å². The number of non-ortho nitro benzene ring substituents is 1. The van der Waals surface area contributed by atoms with Gasteiger partial charge < -0.3 is 0 Å². The first kappa shape index (κ1) is 14.3. The second-order valence-corrected chi connectivity index (χ2v) is 4.42. The van der Waals surface area contributed by atoms with E-state index in [0.29, 0.717) is 0 Å². The van der Waals surface area contributed by atoms with Crippen LogP contribution in [-0.4, -0.2) is 14.8 Å². The highest BCUT2D eigenvalue weighted by atomic mass is 16.6. The second kappa shape index (κ2) is 4.78. The molecule has 0 spiro atoms. The summed E-state index contributed by atoms with van der Waals surface area (Å²) in [6.45, 7) is 2.73. The molecule has 0 unspecified atom stereocenters. The van der Waals surface area contributed by atoms with E-state index < -0.39 is 26.1 Å². The Morgan fingerprint density at radius 1 is 0.810 bits per heavy atom. The third kappa shape index (κ3) is 2.04. The molecule has 0 fully saturated rings. The van der Waals surface area contributed by atoms with E-state index in [1.807, 2.05) is 0 Å². The van der Waals surface area contributed by atoms with Gasteiger partial charge in [-0.05, 0) is 19.9 Å². The number of rotatable bonds is 3. The van der Waals surface area contributed by atoms with E-state index >= 15 is 0 Å². The lowest BCUT2D eigenvalue weighted by Crippen LogP contribution is -2.03. The lowest BCUT2D eigenvalue weighted by Gasteiger charge is -2.08. The smallest absolute Gasteiger partial charge is 0.258 e. The monoisotopic (exact) mass is 291 g/mol.